The van der Waals surface area contributed by atoms with E-state index < -0.39 is 0 Å². The zero-order chi connectivity index (χ0) is 17.3. The minimum absolute atomic E-state index is 0.625. The second kappa shape index (κ2) is 6.61. The zero-order valence-corrected chi connectivity index (χ0v) is 14.8. The molecule has 2 aliphatic rings. The van der Waals surface area contributed by atoms with Crippen LogP contribution in [-0.4, -0.2) is 51.0 Å². The molecule has 3 aromatic rings. The van der Waals surface area contributed by atoms with Crippen molar-refractivity contribution in [2.45, 2.75) is 25.3 Å². The van der Waals surface area contributed by atoms with Gasteiger partial charge in [-0.15, -0.1) is 0 Å². The number of rotatable bonds is 4. The molecule has 0 bridgehead atoms. The first kappa shape index (κ1) is 15.6. The average Bonchev–Trinajstić information content (AvgIpc) is 3.54. The molecule has 2 aromatic heterocycles. The van der Waals surface area contributed by atoms with E-state index in [0.29, 0.717) is 5.92 Å². The fraction of sp³-hybridized carbons (Fsp3) is 0.400. The Morgan fingerprint density at radius 1 is 0.923 bits per heavy atom. The maximum atomic E-state index is 4.54. The lowest BCUT2D eigenvalue weighted by Gasteiger charge is -2.36. The van der Waals surface area contributed by atoms with Crippen molar-refractivity contribution in [1.29, 1.82) is 0 Å². The molecule has 132 valence electrons. The fourth-order valence-corrected chi connectivity index (χ4v) is 3.59. The van der Waals surface area contributed by atoms with Gasteiger partial charge in [-0.25, -0.2) is 19.9 Å². The second-order valence-corrected chi connectivity index (χ2v) is 7.25. The molecule has 1 aliphatic heterocycles. The van der Waals surface area contributed by atoms with Gasteiger partial charge in [0.1, 0.15) is 12.2 Å². The van der Waals surface area contributed by atoms with Gasteiger partial charge in [0, 0.05) is 73.9 Å². The highest BCUT2D eigenvalue weighted by Crippen LogP contribution is 2.37. The van der Waals surface area contributed by atoms with Gasteiger partial charge in [-0.2, -0.15) is 0 Å². The van der Waals surface area contributed by atoms with E-state index in [1.54, 1.807) is 6.33 Å². The van der Waals surface area contributed by atoms with E-state index in [2.05, 4.69) is 47.9 Å². The van der Waals surface area contributed by atoms with E-state index in [1.807, 2.05) is 18.6 Å². The normalized spacial score (nSPS) is 18.4. The fourth-order valence-electron chi connectivity index (χ4n) is 3.59. The molecule has 0 radical (unpaired) electrons. The highest BCUT2D eigenvalue weighted by molar-refractivity contribution is 5.81. The Morgan fingerprint density at radius 2 is 1.73 bits per heavy atom. The number of aromatic nitrogens is 4. The highest BCUT2D eigenvalue weighted by Gasteiger charge is 2.26. The molecule has 26 heavy (non-hydrogen) atoms. The molecule has 6 heteroatoms. The van der Waals surface area contributed by atoms with Crippen molar-refractivity contribution in [1.82, 2.24) is 24.8 Å². The van der Waals surface area contributed by atoms with Crippen molar-refractivity contribution < 1.29 is 0 Å². The van der Waals surface area contributed by atoms with Crippen molar-refractivity contribution in [2.24, 2.45) is 0 Å². The first-order valence-electron chi connectivity index (χ1n) is 9.33. The van der Waals surface area contributed by atoms with E-state index in [0.717, 1.165) is 49.5 Å². The molecule has 1 aliphatic carbocycles. The predicted molar refractivity (Wildman–Crippen MR) is 101 cm³/mol. The number of benzene rings is 1. The molecular weight excluding hydrogens is 324 g/mol. The van der Waals surface area contributed by atoms with Crippen LogP contribution in [0.15, 0.2) is 43.1 Å². The largest absolute Gasteiger partial charge is 0.369 e. The van der Waals surface area contributed by atoms with Gasteiger partial charge >= 0.3 is 0 Å². The Balaban J connectivity index is 1.21. The van der Waals surface area contributed by atoms with Crippen molar-refractivity contribution in [2.75, 3.05) is 31.1 Å². The first-order chi connectivity index (χ1) is 12.8. The summed E-state index contributed by atoms with van der Waals surface area (Å²) in [5, 5.41) is 1.10. The van der Waals surface area contributed by atoms with Gasteiger partial charge in [0.15, 0.2) is 0 Å². The Hall–Kier alpha value is -2.60. The summed E-state index contributed by atoms with van der Waals surface area (Å²) in [6.45, 7) is 5.09. The predicted octanol–water partition coefficient (Wildman–Crippen LogP) is 2.62. The molecule has 0 atom stereocenters. The minimum atomic E-state index is 0.625. The number of piperazine rings is 1. The lowest BCUT2D eigenvalue weighted by molar-refractivity contribution is 0.249. The molecule has 1 saturated heterocycles. The van der Waals surface area contributed by atoms with Crippen LogP contribution in [0.4, 0.5) is 5.69 Å². The summed E-state index contributed by atoms with van der Waals surface area (Å²) in [5.41, 5.74) is 3.46. The van der Waals surface area contributed by atoms with Crippen LogP contribution in [0.1, 0.15) is 30.1 Å². The van der Waals surface area contributed by atoms with E-state index in [9.17, 15) is 0 Å². The summed E-state index contributed by atoms with van der Waals surface area (Å²) in [4.78, 5) is 22.4. The van der Waals surface area contributed by atoms with Gasteiger partial charge in [-0.3, -0.25) is 4.90 Å². The summed E-state index contributed by atoms with van der Waals surface area (Å²) in [6.07, 6.45) is 10.0. The Morgan fingerprint density at radius 3 is 2.50 bits per heavy atom. The van der Waals surface area contributed by atoms with Crippen LogP contribution in [0.3, 0.4) is 0 Å². The number of hydrogen-bond acceptors (Lipinski definition) is 6. The standard InChI is InChI=1S/C20H22N6/c1-2-16(1)20-22-10-15(11-23-20)13-25-5-7-26(8-6-25)18-3-4-19-17(9-18)12-21-14-24-19/h3-4,9-12,14,16H,1-2,5-8,13H2. The summed E-state index contributed by atoms with van der Waals surface area (Å²) >= 11 is 0. The molecule has 0 unspecified atom stereocenters. The van der Waals surface area contributed by atoms with Crippen molar-refractivity contribution in [3.8, 4) is 0 Å². The smallest absolute Gasteiger partial charge is 0.131 e. The van der Waals surface area contributed by atoms with Crippen LogP contribution >= 0.6 is 0 Å². The van der Waals surface area contributed by atoms with Gasteiger partial charge in [0.05, 0.1) is 5.52 Å². The summed E-state index contributed by atoms with van der Waals surface area (Å²) < 4.78 is 0. The highest BCUT2D eigenvalue weighted by atomic mass is 15.3. The van der Waals surface area contributed by atoms with Crippen LogP contribution < -0.4 is 4.90 Å². The third-order valence-electron chi connectivity index (χ3n) is 5.30. The van der Waals surface area contributed by atoms with E-state index in [4.69, 9.17) is 0 Å². The molecule has 3 heterocycles. The molecule has 0 amide bonds. The monoisotopic (exact) mass is 346 g/mol. The summed E-state index contributed by atoms with van der Waals surface area (Å²) in [6, 6.07) is 6.43. The first-order valence-corrected chi connectivity index (χ1v) is 9.33. The van der Waals surface area contributed by atoms with Crippen LogP contribution in [0.25, 0.3) is 10.9 Å². The Bertz CT molecular complexity index is 898. The van der Waals surface area contributed by atoms with Gasteiger partial charge in [-0.1, -0.05) is 0 Å². The number of nitrogens with zero attached hydrogens (tertiary/aromatic N) is 6. The van der Waals surface area contributed by atoms with Gasteiger partial charge < -0.3 is 4.90 Å². The summed E-state index contributed by atoms with van der Waals surface area (Å²) in [7, 11) is 0. The third kappa shape index (κ3) is 3.24. The lowest BCUT2D eigenvalue weighted by atomic mass is 10.2. The molecule has 6 nitrogen and oxygen atoms in total. The van der Waals surface area contributed by atoms with Crippen LogP contribution in [0.5, 0.6) is 0 Å². The second-order valence-electron chi connectivity index (χ2n) is 7.25. The molecule has 5 rings (SSSR count). The van der Waals surface area contributed by atoms with Crippen LogP contribution in [0.2, 0.25) is 0 Å². The molecule has 1 saturated carbocycles. The van der Waals surface area contributed by atoms with Crippen LogP contribution in [-0.2, 0) is 6.54 Å². The average molecular weight is 346 g/mol. The van der Waals surface area contributed by atoms with Gasteiger partial charge in [0.25, 0.3) is 0 Å². The Labute approximate surface area is 152 Å². The molecule has 0 N–H and O–H groups in total. The number of anilines is 1. The molecule has 1 aromatic carbocycles. The number of fused-ring (bicyclic) bond motifs is 1. The summed E-state index contributed by atoms with van der Waals surface area (Å²) in [5.74, 6) is 1.65. The maximum Gasteiger partial charge on any atom is 0.131 e. The number of hydrogen-bond donors (Lipinski definition) is 0. The molecular formula is C20H22N6. The van der Waals surface area contributed by atoms with E-state index >= 15 is 0 Å². The maximum absolute atomic E-state index is 4.54. The van der Waals surface area contributed by atoms with Crippen molar-refractivity contribution in [3.63, 3.8) is 0 Å². The topological polar surface area (TPSA) is 58.0 Å². The Kier molecular flexibility index (Phi) is 3.97. The van der Waals surface area contributed by atoms with E-state index in [-0.39, 0.29) is 0 Å². The van der Waals surface area contributed by atoms with Crippen molar-refractivity contribution >= 4 is 16.6 Å². The third-order valence-corrected chi connectivity index (χ3v) is 5.30. The molecule has 2 fully saturated rings. The lowest BCUT2D eigenvalue weighted by Crippen LogP contribution is -2.46. The minimum Gasteiger partial charge on any atom is -0.369 e. The quantitative estimate of drug-likeness (QED) is 0.724. The molecule has 0 spiro atoms. The van der Waals surface area contributed by atoms with Gasteiger partial charge in [0.2, 0.25) is 0 Å². The SMILES string of the molecule is c1ncc2cc(N3CCN(Cc4cnc(C5CC5)nc4)CC3)ccc2n1. The van der Waals surface area contributed by atoms with Crippen molar-refractivity contribution in [3.05, 3.63) is 54.5 Å². The van der Waals surface area contributed by atoms with Gasteiger partial charge in [-0.05, 0) is 31.0 Å². The van der Waals surface area contributed by atoms with E-state index in [1.165, 1.54) is 24.1 Å². The van der Waals surface area contributed by atoms with Crippen LogP contribution in [0, 0.1) is 0 Å². The zero-order valence-electron chi connectivity index (χ0n) is 14.8.